The van der Waals surface area contributed by atoms with Crippen LogP contribution in [0.15, 0.2) is 29.3 Å². The Morgan fingerprint density at radius 3 is 2.63 bits per heavy atom. The van der Waals surface area contributed by atoms with Gasteiger partial charge in [-0.3, -0.25) is 10.1 Å². The number of hydrogen-bond acceptors (Lipinski definition) is 3. The number of carbonyl (C=O) groups excluding carboxylic acids is 1. The van der Waals surface area contributed by atoms with Gasteiger partial charge in [-0.2, -0.15) is 0 Å². The van der Waals surface area contributed by atoms with E-state index in [0.717, 1.165) is 5.56 Å². The fourth-order valence-corrected chi connectivity index (χ4v) is 2.12. The maximum Gasteiger partial charge on any atom is 0.259 e. The second kappa shape index (κ2) is 4.53. The number of nitrogens with zero attached hydrogens (tertiary/aromatic N) is 1. The molecule has 0 aromatic heterocycles. The van der Waals surface area contributed by atoms with Crippen molar-refractivity contribution in [2.75, 3.05) is 0 Å². The first kappa shape index (κ1) is 13.9. The van der Waals surface area contributed by atoms with Gasteiger partial charge < -0.3 is 5.32 Å². The predicted octanol–water partition coefficient (Wildman–Crippen LogP) is 2.43. The zero-order valence-corrected chi connectivity index (χ0v) is 12.3. The minimum absolute atomic E-state index is 0.151. The highest BCUT2D eigenvalue weighted by Crippen LogP contribution is 2.30. The van der Waals surface area contributed by atoms with Crippen molar-refractivity contribution in [2.45, 2.75) is 38.8 Å². The largest absolute Gasteiger partial charge is 0.351 e. The number of amides is 1. The second-order valence-corrected chi connectivity index (χ2v) is 6.31. The zero-order valence-electron chi connectivity index (χ0n) is 11.5. The molecule has 0 radical (unpaired) electrons. The van der Waals surface area contributed by atoms with Crippen LogP contribution in [0.25, 0.3) is 0 Å². The van der Waals surface area contributed by atoms with Gasteiger partial charge >= 0.3 is 0 Å². The normalized spacial score (nSPS) is 23.0. The molecule has 5 heteroatoms. The summed E-state index contributed by atoms with van der Waals surface area (Å²) in [6.07, 6.45) is 0. The summed E-state index contributed by atoms with van der Waals surface area (Å²) in [5.74, 6) is 0.349. The Bertz CT molecular complexity index is 548. The molecule has 102 valence electrons. The summed E-state index contributed by atoms with van der Waals surface area (Å²) in [5, 5.41) is 6.55. The maximum atomic E-state index is 12.2. The molecule has 0 saturated carbocycles. The first-order chi connectivity index (χ1) is 8.71. The molecule has 1 atom stereocenters. The average molecular weight is 280 g/mol. The van der Waals surface area contributed by atoms with Crippen LogP contribution in [0.4, 0.5) is 0 Å². The van der Waals surface area contributed by atoms with E-state index in [0.29, 0.717) is 11.0 Å². The summed E-state index contributed by atoms with van der Waals surface area (Å²) in [4.78, 5) is 16.7. The lowest BCUT2D eigenvalue weighted by Gasteiger charge is -2.21. The van der Waals surface area contributed by atoms with Gasteiger partial charge in [-0.25, -0.2) is 4.99 Å². The number of hydrogen-bond donors (Lipinski definition) is 2. The SMILES string of the molecule is CC(C)(C)NC1=NC(C)(c2cccc(Cl)c2)C(=O)N1. The molecule has 2 rings (SSSR count). The van der Waals surface area contributed by atoms with E-state index in [2.05, 4.69) is 15.6 Å². The van der Waals surface area contributed by atoms with Gasteiger partial charge in [0.2, 0.25) is 0 Å². The van der Waals surface area contributed by atoms with E-state index in [1.54, 1.807) is 19.1 Å². The van der Waals surface area contributed by atoms with Crippen molar-refractivity contribution in [3.05, 3.63) is 34.9 Å². The van der Waals surface area contributed by atoms with Crippen LogP contribution in [-0.2, 0) is 10.3 Å². The van der Waals surface area contributed by atoms with Gasteiger partial charge in [0.15, 0.2) is 11.5 Å². The summed E-state index contributed by atoms with van der Waals surface area (Å²) in [7, 11) is 0. The number of guanidine groups is 1. The van der Waals surface area contributed by atoms with Gasteiger partial charge in [0, 0.05) is 10.6 Å². The third-order valence-electron chi connectivity index (χ3n) is 2.89. The van der Waals surface area contributed by atoms with Crippen molar-refractivity contribution >= 4 is 23.5 Å². The molecule has 1 amide bonds. The lowest BCUT2D eigenvalue weighted by molar-refractivity contribution is -0.123. The number of benzene rings is 1. The first-order valence-corrected chi connectivity index (χ1v) is 6.54. The maximum absolute atomic E-state index is 12.2. The molecule has 0 aliphatic carbocycles. The molecule has 4 nitrogen and oxygen atoms in total. The van der Waals surface area contributed by atoms with E-state index in [1.807, 2.05) is 32.9 Å². The van der Waals surface area contributed by atoms with Crippen molar-refractivity contribution in [2.24, 2.45) is 4.99 Å². The van der Waals surface area contributed by atoms with Crippen molar-refractivity contribution in [1.29, 1.82) is 0 Å². The zero-order chi connectivity index (χ0) is 14.3. The first-order valence-electron chi connectivity index (χ1n) is 6.16. The molecule has 1 aromatic carbocycles. The quantitative estimate of drug-likeness (QED) is 0.830. The average Bonchev–Trinajstić information content (AvgIpc) is 2.52. The molecular formula is C14H18ClN3O. The van der Waals surface area contributed by atoms with Gasteiger partial charge in [0.1, 0.15) is 0 Å². The Morgan fingerprint density at radius 1 is 1.37 bits per heavy atom. The molecule has 19 heavy (non-hydrogen) atoms. The molecule has 0 spiro atoms. The molecule has 2 N–H and O–H groups in total. The van der Waals surface area contributed by atoms with Crippen molar-refractivity contribution in [3.63, 3.8) is 0 Å². The highest BCUT2D eigenvalue weighted by molar-refractivity contribution is 6.30. The fraction of sp³-hybridized carbons (Fsp3) is 0.429. The highest BCUT2D eigenvalue weighted by Gasteiger charge is 2.41. The number of rotatable bonds is 1. The minimum atomic E-state index is -0.932. The number of halogens is 1. The summed E-state index contributed by atoms with van der Waals surface area (Å²) in [5.41, 5.74) is -0.312. The second-order valence-electron chi connectivity index (χ2n) is 5.87. The van der Waals surface area contributed by atoms with Gasteiger partial charge in [-0.1, -0.05) is 23.7 Å². The molecule has 0 saturated heterocycles. The number of aliphatic imine (C=N–C) groups is 1. The summed E-state index contributed by atoms with van der Waals surface area (Å²) in [6, 6.07) is 7.22. The van der Waals surface area contributed by atoms with Gasteiger partial charge in [-0.05, 0) is 45.4 Å². The summed E-state index contributed by atoms with van der Waals surface area (Å²) >= 11 is 5.98. The van der Waals surface area contributed by atoms with E-state index in [-0.39, 0.29) is 11.4 Å². The Kier molecular flexibility index (Phi) is 3.31. The van der Waals surface area contributed by atoms with Gasteiger partial charge in [0.05, 0.1) is 0 Å². The van der Waals surface area contributed by atoms with E-state index in [4.69, 9.17) is 11.6 Å². The fourth-order valence-electron chi connectivity index (χ4n) is 1.93. The van der Waals surface area contributed by atoms with Crippen LogP contribution in [0.5, 0.6) is 0 Å². The van der Waals surface area contributed by atoms with Crippen molar-refractivity contribution < 1.29 is 4.79 Å². The van der Waals surface area contributed by atoms with Crippen LogP contribution < -0.4 is 10.6 Å². The van der Waals surface area contributed by atoms with Crippen LogP contribution >= 0.6 is 11.6 Å². The van der Waals surface area contributed by atoms with Crippen LogP contribution in [0.3, 0.4) is 0 Å². The van der Waals surface area contributed by atoms with E-state index >= 15 is 0 Å². The van der Waals surface area contributed by atoms with Crippen molar-refractivity contribution in [3.8, 4) is 0 Å². The molecular weight excluding hydrogens is 262 g/mol. The molecule has 1 unspecified atom stereocenters. The smallest absolute Gasteiger partial charge is 0.259 e. The lowest BCUT2D eigenvalue weighted by atomic mass is 9.93. The number of carbonyl (C=O) groups is 1. The van der Waals surface area contributed by atoms with E-state index in [9.17, 15) is 4.79 Å². The van der Waals surface area contributed by atoms with E-state index < -0.39 is 5.54 Å². The van der Waals surface area contributed by atoms with Crippen LogP contribution in [0.1, 0.15) is 33.3 Å². The predicted molar refractivity (Wildman–Crippen MR) is 77.3 cm³/mol. The Hall–Kier alpha value is -1.55. The van der Waals surface area contributed by atoms with Crippen LogP contribution in [0.2, 0.25) is 5.02 Å². The van der Waals surface area contributed by atoms with Crippen molar-refractivity contribution in [1.82, 2.24) is 10.6 Å². The van der Waals surface area contributed by atoms with Crippen LogP contribution in [-0.4, -0.2) is 17.4 Å². The lowest BCUT2D eigenvalue weighted by Crippen LogP contribution is -2.47. The third-order valence-corrected chi connectivity index (χ3v) is 3.12. The molecule has 0 fully saturated rings. The highest BCUT2D eigenvalue weighted by atomic mass is 35.5. The number of nitrogens with one attached hydrogen (secondary N) is 2. The van der Waals surface area contributed by atoms with Gasteiger partial charge in [0.25, 0.3) is 5.91 Å². The van der Waals surface area contributed by atoms with Crippen LogP contribution in [0, 0.1) is 0 Å². The molecule has 1 aliphatic heterocycles. The Morgan fingerprint density at radius 2 is 2.05 bits per heavy atom. The Balaban J connectivity index is 2.35. The topological polar surface area (TPSA) is 53.5 Å². The monoisotopic (exact) mass is 279 g/mol. The summed E-state index contributed by atoms with van der Waals surface area (Å²) < 4.78 is 0. The third kappa shape index (κ3) is 2.89. The molecule has 1 aromatic rings. The standard InChI is InChI=1S/C14H18ClN3O/c1-13(2,3)17-12-16-11(19)14(4,18-12)9-6-5-7-10(15)8-9/h5-8H,1-4H3,(H2,16,17,18,19). The van der Waals surface area contributed by atoms with E-state index in [1.165, 1.54) is 0 Å². The molecule has 1 heterocycles. The van der Waals surface area contributed by atoms with Gasteiger partial charge in [-0.15, -0.1) is 0 Å². The minimum Gasteiger partial charge on any atom is -0.351 e. The molecule has 0 bridgehead atoms. The summed E-state index contributed by atoms with van der Waals surface area (Å²) in [6.45, 7) is 7.81. The molecule has 1 aliphatic rings. The Labute approximate surface area is 118 Å².